The van der Waals surface area contributed by atoms with Crippen molar-refractivity contribution in [3.05, 3.63) is 22.2 Å². The SMILES string of the molecule is COCCCOc1nc(N)ccc1[N+](=O)[O-]. The molecule has 16 heavy (non-hydrogen) atoms. The average molecular weight is 227 g/mol. The largest absolute Gasteiger partial charge is 0.473 e. The third kappa shape index (κ3) is 3.35. The highest BCUT2D eigenvalue weighted by Crippen LogP contribution is 2.25. The molecule has 0 fully saturated rings. The standard InChI is InChI=1S/C9H13N3O4/c1-15-5-2-6-16-9-7(12(13)14)3-4-8(10)11-9/h3-4H,2,5-6H2,1H3,(H2,10,11). The third-order valence-electron chi connectivity index (χ3n) is 1.79. The van der Waals surface area contributed by atoms with Gasteiger partial charge in [-0.05, 0) is 6.07 Å². The van der Waals surface area contributed by atoms with Crippen LogP contribution in [0, 0.1) is 10.1 Å². The molecule has 0 atom stereocenters. The molecule has 0 spiro atoms. The zero-order chi connectivity index (χ0) is 12.0. The van der Waals surface area contributed by atoms with E-state index in [1.165, 1.54) is 12.1 Å². The predicted octanol–water partition coefficient (Wildman–Crippen LogP) is 0.987. The summed E-state index contributed by atoms with van der Waals surface area (Å²) in [5.74, 6) is 0.133. The molecule has 0 aromatic carbocycles. The van der Waals surface area contributed by atoms with Crippen LogP contribution >= 0.6 is 0 Å². The van der Waals surface area contributed by atoms with Crippen molar-refractivity contribution in [2.24, 2.45) is 0 Å². The Kier molecular flexibility index (Phi) is 4.46. The molecule has 7 nitrogen and oxygen atoms in total. The Bertz CT molecular complexity index is 370. The van der Waals surface area contributed by atoms with Crippen LogP contribution in [0.2, 0.25) is 0 Å². The van der Waals surface area contributed by atoms with Crippen molar-refractivity contribution in [3.63, 3.8) is 0 Å². The van der Waals surface area contributed by atoms with Crippen LogP contribution < -0.4 is 10.5 Å². The molecule has 0 amide bonds. The predicted molar refractivity (Wildman–Crippen MR) is 57.3 cm³/mol. The van der Waals surface area contributed by atoms with E-state index in [2.05, 4.69) is 4.98 Å². The molecule has 0 aliphatic rings. The number of hydrogen-bond acceptors (Lipinski definition) is 6. The van der Waals surface area contributed by atoms with Crippen molar-refractivity contribution in [2.75, 3.05) is 26.1 Å². The first kappa shape index (κ1) is 12.2. The molecular formula is C9H13N3O4. The lowest BCUT2D eigenvalue weighted by Crippen LogP contribution is -2.06. The summed E-state index contributed by atoms with van der Waals surface area (Å²) in [5.41, 5.74) is 5.23. The molecule has 0 aliphatic carbocycles. The van der Waals surface area contributed by atoms with Crippen molar-refractivity contribution in [3.8, 4) is 5.88 Å². The maximum atomic E-state index is 10.6. The normalized spacial score (nSPS) is 10.1. The van der Waals surface area contributed by atoms with E-state index in [9.17, 15) is 10.1 Å². The number of anilines is 1. The van der Waals surface area contributed by atoms with Crippen molar-refractivity contribution in [1.29, 1.82) is 0 Å². The number of aromatic nitrogens is 1. The lowest BCUT2D eigenvalue weighted by atomic mass is 10.4. The fourth-order valence-electron chi connectivity index (χ4n) is 1.06. The topological polar surface area (TPSA) is 101 Å². The zero-order valence-corrected chi connectivity index (χ0v) is 8.88. The Morgan fingerprint density at radius 3 is 2.88 bits per heavy atom. The first-order valence-corrected chi connectivity index (χ1v) is 4.68. The summed E-state index contributed by atoms with van der Waals surface area (Å²) in [6.07, 6.45) is 0.629. The maximum absolute atomic E-state index is 10.6. The molecule has 1 aromatic heterocycles. The fraction of sp³-hybridized carbons (Fsp3) is 0.444. The minimum atomic E-state index is -0.557. The maximum Gasteiger partial charge on any atom is 0.331 e. The molecular weight excluding hydrogens is 214 g/mol. The van der Waals surface area contributed by atoms with Gasteiger partial charge in [-0.15, -0.1) is 0 Å². The number of ether oxygens (including phenoxy) is 2. The van der Waals surface area contributed by atoms with Gasteiger partial charge in [-0.3, -0.25) is 10.1 Å². The van der Waals surface area contributed by atoms with Crippen LogP contribution in [-0.4, -0.2) is 30.2 Å². The number of nitrogens with two attached hydrogens (primary N) is 1. The molecule has 0 unspecified atom stereocenters. The number of nitrogens with zero attached hydrogens (tertiary/aromatic N) is 2. The van der Waals surface area contributed by atoms with E-state index in [0.717, 1.165) is 0 Å². The van der Waals surface area contributed by atoms with Gasteiger partial charge in [0, 0.05) is 26.2 Å². The van der Waals surface area contributed by atoms with Crippen LogP contribution in [0.15, 0.2) is 12.1 Å². The van der Waals surface area contributed by atoms with E-state index in [1.54, 1.807) is 7.11 Å². The second-order valence-electron chi connectivity index (χ2n) is 3.01. The third-order valence-corrected chi connectivity index (χ3v) is 1.79. The monoisotopic (exact) mass is 227 g/mol. The summed E-state index contributed by atoms with van der Waals surface area (Å²) >= 11 is 0. The summed E-state index contributed by atoms with van der Waals surface area (Å²) in [7, 11) is 1.57. The fourth-order valence-corrected chi connectivity index (χ4v) is 1.06. The molecule has 0 radical (unpaired) electrons. The Balaban J connectivity index is 2.68. The second kappa shape index (κ2) is 5.86. The molecule has 0 saturated carbocycles. The highest BCUT2D eigenvalue weighted by atomic mass is 16.6. The van der Waals surface area contributed by atoms with E-state index in [4.69, 9.17) is 15.2 Å². The van der Waals surface area contributed by atoms with Crippen LogP contribution in [0.4, 0.5) is 11.5 Å². The zero-order valence-electron chi connectivity index (χ0n) is 8.88. The van der Waals surface area contributed by atoms with E-state index in [1.807, 2.05) is 0 Å². The van der Waals surface area contributed by atoms with Crippen molar-refractivity contribution in [2.45, 2.75) is 6.42 Å². The smallest absolute Gasteiger partial charge is 0.331 e. The number of nitrogen functional groups attached to an aromatic ring is 1. The lowest BCUT2D eigenvalue weighted by Gasteiger charge is -2.05. The van der Waals surface area contributed by atoms with Crippen LogP contribution in [0.3, 0.4) is 0 Å². The molecule has 1 aromatic rings. The first-order chi connectivity index (χ1) is 7.65. The van der Waals surface area contributed by atoms with E-state index < -0.39 is 4.92 Å². The summed E-state index contributed by atoms with van der Waals surface area (Å²) in [5, 5.41) is 10.6. The molecule has 88 valence electrons. The van der Waals surface area contributed by atoms with Crippen molar-refractivity contribution >= 4 is 11.5 Å². The van der Waals surface area contributed by atoms with Gasteiger partial charge in [0.2, 0.25) is 0 Å². The van der Waals surface area contributed by atoms with Gasteiger partial charge >= 0.3 is 5.69 Å². The Morgan fingerprint density at radius 2 is 2.25 bits per heavy atom. The van der Waals surface area contributed by atoms with E-state index in [-0.39, 0.29) is 17.4 Å². The van der Waals surface area contributed by atoms with Gasteiger partial charge in [-0.2, -0.15) is 4.98 Å². The highest BCUT2D eigenvalue weighted by molar-refractivity contribution is 5.46. The van der Waals surface area contributed by atoms with Crippen LogP contribution in [0.25, 0.3) is 0 Å². The van der Waals surface area contributed by atoms with Gasteiger partial charge < -0.3 is 15.2 Å². The average Bonchev–Trinajstić information content (AvgIpc) is 2.24. The summed E-state index contributed by atoms with van der Waals surface area (Å²) in [4.78, 5) is 13.8. The van der Waals surface area contributed by atoms with Crippen LogP contribution in [0.5, 0.6) is 5.88 Å². The molecule has 0 saturated heterocycles. The Hall–Kier alpha value is -1.89. The van der Waals surface area contributed by atoms with Crippen LogP contribution in [-0.2, 0) is 4.74 Å². The Morgan fingerprint density at radius 1 is 1.50 bits per heavy atom. The minimum Gasteiger partial charge on any atom is -0.473 e. The van der Waals surface area contributed by atoms with E-state index in [0.29, 0.717) is 19.6 Å². The van der Waals surface area contributed by atoms with Crippen molar-refractivity contribution < 1.29 is 14.4 Å². The number of rotatable bonds is 6. The summed E-state index contributed by atoms with van der Waals surface area (Å²) in [6, 6.07) is 2.63. The van der Waals surface area contributed by atoms with Crippen LogP contribution in [0.1, 0.15) is 6.42 Å². The van der Waals surface area contributed by atoms with Gasteiger partial charge in [0.15, 0.2) is 0 Å². The van der Waals surface area contributed by atoms with Crippen molar-refractivity contribution in [1.82, 2.24) is 4.98 Å². The lowest BCUT2D eigenvalue weighted by molar-refractivity contribution is -0.386. The molecule has 7 heteroatoms. The molecule has 0 aliphatic heterocycles. The highest BCUT2D eigenvalue weighted by Gasteiger charge is 2.16. The minimum absolute atomic E-state index is 0.0545. The summed E-state index contributed by atoms with van der Waals surface area (Å²) in [6.45, 7) is 0.821. The molecule has 1 heterocycles. The molecule has 2 N–H and O–H groups in total. The number of methoxy groups -OCH3 is 1. The quantitative estimate of drug-likeness (QED) is 0.441. The number of pyridine rings is 1. The molecule has 0 bridgehead atoms. The van der Waals surface area contributed by atoms with Gasteiger partial charge in [-0.1, -0.05) is 0 Å². The number of hydrogen-bond donors (Lipinski definition) is 1. The Labute approximate surface area is 92.3 Å². The number of nitro groups is 1. The first-order valence-electron chi connectivity index (χ1n) is 4.68. The van der Waals surface area contributed by atoms with Gasteiger partial charge in [0.25, 0.3) is 5.88 Å². The van der Waals surface area contributed by atoms with Gasteiger partial charge in [0.1, 0.15) is 5.82 Å². The summed E-state index contributed by atoms with van der Waals surface area (Å²) < 4.78 is 9.99. The molecule has 1 rings (SSSR count). The second-order valence-corrected chi connectivity index (χ2v) is 3.01. The van der Waals surface area contributed by atoms with E-state index >= 15 is 0 Å². The van der Waals surface area contributed by atoms with Gasteiger partial charge in [0.05, 0.1) is 11.5 Å². The van der Waals surface area contributed by atoms with Gasteiger partial charge in [-0.25, -0.2) is 0 Å².